The molecule has 5 rings (SSSR count). The Morgan fingerprint density at radius 1 is 1.17 bits per heavy atom. The molecule has 0 atom stereocenters. The number of thioether (sulfide) groups is 1. The van der Waals surface area contributed by atoms with Gasteiger partial charge in [-0.15, -0.1) is 0 Å². The van der Waals surface area contributed by atoms with Crippen molar-refractivity contribution < 1.29 is 32.2 Å². The number of hydrogen-bond acceptors (Lipinski definition) is 8. The smallest absolute Gasteiger partial charge is 0.305 e. The van der Waals surface area contributed by atoms with E-state index < -0.39 is 21.8 Å². The van der Waals surface area contributed by atoms with Crippen molar-refractivity contribution in [1.29, 1.82) is 0 Å². The Hall–Kier alpha value is -3.38. The molecule has 0 unspecified atom stereocenters. The maximum absolute atomic E-state index is 11.4. The molecule has 1 aliphatic heterocycles. The number of aliphatic carboxylic acids is 1. The molecule has 1 aliphatic rings. The molecule has 11 heteroatoms. The Labute approximate surface area is 247 Å². The Kier molecular flexibility index (Phi) is 8.69. The normalized spacial score (nSPS) is 14.8. The van der Waals surface area contributed by atoms with Crippen LogP contribution in [0.25, 0.3) is 27.1 Å². The first-order valence-electron chi connectivity index (χ1n) is 13.2. The molecule has 0 saturated heterocycles. The lowest BCUT2D eigenvalue weighted by Gasteiger charge is -2.20. The lowest BCUT2D eigenvalue weighted by atomic mass is 10.1. The van der Waals surface area contributed by atoms with Crippen LogP contribution in [0.3, 0.4) is 0 Å². The third-order valence-corrected chi connectivity index (χ3v) is 9.90. The summed E-state index contributed by atoms with van der Waals surface area (Å²) in [6, 6.07) is 18.0. The van der Waals surface area contributed by atoms with Crippen molar-refractivity contribution in [3.63, 3.8) is 0 Å². The number of fused-ring (bicyclic) bond motifs is 4. The van der Waals surface area contributed by atoms with E-state index in [-0.39, 0.29) is 12.8 Å². The van der Waals surface area contributed by atoms with Gasteiger partial charge in [-0.1, -0.05) is 54.3 Å². The molecule has 0 amide bonds. The summed E-state index contributed by atoms with van der Waals surface area (Å²) < 4.78 is 42.7. The molecule has 0 fully saturated rings. The quantitative estimate of drug-likeness (QED) is 0.162. The number of benzene rings is 3. The number of allylic oxidation sites excluding steroid dienone is 2. The number of carbonyl (C=O) groups is 1. The van der Waals surface area contributed by atoms with Crippen LogP contribution in [0.2, 0.25) is 0 Å². The number of anilines is 1. The molecule has 8 nitrogen and oxygen atoms in total. The minimum Gasteiger partial charge on any atom is -0.748 e. The number of aromatic nitrogens is 1. The predicted octanol–water partition coefficient (Wildman–Crippen LogP) is 6.01. The van der Waals surface area contributed by atoms with Crippen LogP contribution in [0, 0.1) is 0 Å². The molecule has 1 N–H and O–H groups in total. The largest absolute Gasteiger partial charge is 0.748 e. The van der Waals surface area contributed by atoms with E-state index in [2.05, 4.69) is 41.8 Å². The molecule has 1 aromatic heterocycles. The molecule has 0 aliphatic carbocycles. The van der Waals surface area contributed by atoms with E-state index >= 15 is 0 Å². The summed E-state index contributed by atoms with van der Waals surface area (Å²) in [5, 5.41) is 13.4. The van der Waals surface area contributed by atoms with Crippen LogP contribution in [0.15, 0.2) is 76.2 Å². The number of methoxy groups -OCH3 is 1. The molecular weight excluding hydrogens is 581 g/mol. The Morgan fingerprint density at radius 2 is 1.98 bits per heavy atom. The fraction of sp³-hybridized carbons (Fsp3) is 0.267. The van der Waals surface area contributed by atoms with E-state index in [0.717, 1.165) is 53.6 Å². The number of nitrogens with zero attached hydrogens (tertiary/aromatic N) is 2. The van der Waals surface area contributed by atoms with E-state index in [0.29, 0.717) is 18.8 Å². The van der Waals surface area contributed by atoms with Gasteiger partial charge in [0.25, 0.3) is 5.01 Å². The zero-order chi connectivity index (χ0) is 29.1. The number of carboxylic acid groups (broad SMARTS) is 1. The second kappa shape index (κ2) is 12.2. The van der Waals surface area contributed by atoms with E-state index in [4.69, 9.17) is 4.74 Å². The van der Waals surface area contributed by atoms with Gasteiger partial charge < -0.3 is 19.3 Å². The first kappa shape index (κ1) is 29.1. The summed E-state index contributed by atoms with van der Waals surface area (Å²) in [6.07, 6.45) is 5.13. The van der Waals surface area contributed by atoms with Crippen molar-refractivity contribution in [3.8, 4) is 5.75 Å². The molecule has 0 saturated carbocycles. The fourth-order valence-electron chi connectivity index (χ4n) is 4.92. The Bertz CT molecular complexity index is 1790. The van der Waals surface area contributed by atoms with Crippen LogP contribution < -0.4 is 14.2 Å². The van der Waals surface area contributed by atoms with Crippen LogP contribution in [0.5, 0.6) is 5.75 Å². The lowest BCUT2D eigenvalue weighted by molar-refractivity contribution is -0.667. The molecular formula is C30H30N2O6S3. The van der Waals surface area contributed by atoms with Crippen LogP contribution in [-0.2, 0) is 21.5 Å². The third-order valence-electron chi connectivity index (χ3n) is 6.90. The van der Waals surface area contributed by atoms with Gasteiger partial charge in [0.2, 0.25) is 5.52 Å². The number of aryl methyl sites for hydroxylation is 1. The zero-order valence-electron chi connectivity index (χ0n) is 22.7. The molecule has 2 heterocycles. The fourth-order valence-corrected chi connectivity index (χ4v) is 7.73. The topological polar surface area (TPSA) is 111 Å². The van der Waals surface area contributed by atoms with Crippen molar-refractivity contribution in [2.45, 2.75) is 37.6 Å². The summed E-state index contributed by atoms with van der Waals surface area (Å²) in [7, 11) is -2.72. The van der Waals surface area contributed by atoms with E-state index in [1.54, 1.807) is 30.2 Å². The summed E-state index contributed by atoms with van der Waals surface area (Å²) in [4.78, 5) is 14.5. The van der Waals surface area contributed by atoms with Gasteiger partial charge in [-0.05, 0) is 47.7 Å². The Morgan fingerprint density at radius 3 is 2.71 bits per heavy atom. The monoisotopic (exact) mass is 610 g/mol. The maximum atomic E-state index is 11.4. The SMILES string of the molecule is CCC(=Cc1sc2ccc3ccccc3c2[n+]1CCCS(=O)(=O)[O-])C=C1Sc2ccc(OC)cc2N1CCC(=O)O. The molecule has 214 valence electrons. The second-order valence-electron chi connectivity index (χ2n) is 9.63. The van der Waals surface area contributed by atoms with Gasteiger partial charge in [0.1, 0.15) is 10.4 Å². The van der Waals surface area contributed by atoms with Crippen LogP contribution in [0.1, 0.15) is 31.2 Å². The highest BCUT2D eigenvalue weighted by atomic mass is 32.2. The molecule has 4 aromatic rings. The Balaban J connectivity index is 1.58. The highest BCUT2D eigenvalue weighted by molar-refractivity contribution is 8.03. The molecule has 0 spiro atoms. The van der Waals surface area contributed by atoms with E-state index in [1.807, 2.05) is 41.3 Å². The summed E-state index contributed by atoms with van der Waals surface area (Å²) in [5.74, 6) is -0.584. The van der Waals surface area contributed by atoms with Gasteiger partial charge in [0.15, 0.2) is 6.54 Å². The number of carboxylic acids is 1. The first-order chi connectivity index (χ1) is 19.7. The number of thiazole rings is 1. The second-order valence-corrected chi connectivity index (χ2v) is 13.3. The lowest BCUT2D eigenvalue weighted by Crippen LogP contribution is -2.36. The van der Waals surface area contributed by atoms with Gasteiger partial charge in [-0.25, -0.2) is 8.42 Å². The van der Waals surface area contributed by atoms with E-state index in [1.165, 1.54) is 0 Å². The van der Waals surface area contributed by atoms with Gasteiger partial charge in [0.05, 0.1) is 39.8 Å². The third kappa shape index (κ3) is 6.59. The zero-order valence-corrected chi connectivity index (χ0v) is 25.2. The number of hydrogen-bond donors (Lipinski definition) is 1. The van der Waals surface area contributed by atoms with Crippen LogP contribution in [-0.4, -0.2) is 43.5 Å². The van der Waals surface area contributed by atoms with Crippen molar-refractivity contribution in [2.75, 3.05) is 24.3 Å². The number of rotatable bonds is 11. The van der Waals surface area contributed by atoms with Gasteiger partial charge in [-0.3, -0.25) is 4.79 Å². The highest BCUT2D eigenvalue weighted by Crippen LogP contribution is 2.48. The van der Waals surface area contributed by atoms with Crippen molar-refractivity contribution in [3.05, 3.63) is 76.3 Å². The van der Waals surface area contributed by atoms with Crippen LogP contribution in [0.4, 0.5) is 5.69 Å². The average Bonchev–Trinajstić information content (AvgIpc) is 3.47. The van der Waals surface area contributed by atoms with Gasteiger partial charge >= 0.3 is 5.97 Å². The maximum Gasteiger partial charge on any atom is 0.305 e. The van der Waals surface area contributed by atoms with Gasteiger partial charge in [-0.2, -0.15) is 4.57 Å². The first-order valence-corrected chi connectivity index (χ1v) is 16.4. The molecule has 0 radical (unpaired) electrons. The predicted molar refractivity (Wildman–Crippen MR) is 164 cm³/mol. The van der Waals surface area contributed by atoms with Crippen molar-refractivity contribution >= 4 is 71.9 Å². The van der Waals surface area contributed by atoms with Crippen molar-refractivity contribution in [2.24, 2.45) is 0 Å². The average molecular weight is 611 g/mol. The molecule has 0 bridgehead atoms. The van der Waals surface area contributed by atoms with Crippen molar-refractivity contribution in [1.82, 2.24) is 0 Å². The summed E-state index contributed by atoms with van der Waals surface area (Å²) >= 11 is 3.21. The minimum atomic E-state index is -4.32. The standard InChI is InChI=1S/C30H30N2O6S3/c1-3-20(17-27-31(15-13-29(33)34)24-19-22(38-2)10-12-25(24)39-27)18-28-32(14-6-16-41(35,36)37)30-23-8-5-4-7-21(23)9-11-26(30)40-28/h4-5,7-12,17-19H,3,6,13-16H2,1-2H3,(H-,33,34,35,36,37). The molecule has 3 aromatic carbocycles. The molecule has 41 heavy (non-hydrogen) atoms. The van der Waals surface area contributed by atoms with E-state index in [9.17, 15) is 22.9 Å². The number of ether oxygens (including phenoxy) is 1. The summed E-state index contributed by atoms with van der Waals surface area (Å²) in [6.45, 7) is 2.78. The van der Waals surface area contributed by atoms with Gasteiger partial charge in [0, 0.05) is 35.8 Å². The van der Waals surface area contributed by atoms with Crippen LogP contribution >= 0.6 is 23.1 Å². The minimum absolute atomic E-state index is 0.00820. The summed E-state index contributed by atoms with van der Waals surface area (Å²) in [5.41, 5.74) is 2.97. The highest BCUT2D eigenvalue weighted by Gasteiger charge is 2.27.